The van der Waals surface area contributed by atoms with E-state index in [9.17, 15) is 14.7 Å². The second-order valence-corrected chi connectivity index (χ2v) is 3.88. The van der Waals surface area contributed by atoms with Crippen molar-refractivity contribution in [3.63, 3.8) is 0 Å². The van der Waals surface area contributed by atoms with E-state index in [1.165, 1.54) is 12.1 Å². The van der Waals surface area contributed by atoms with Crippen molar-refractivity contribution in [1.29, 1.82) is 0 Å². The Bertz CT molecular complexity index is 679. The Morgan fingerprint density at radius 3 is 2.53 bits per heavy atom. The van der Waals surface area contributed by atoms with Gasteiger partial charge in [-0.3, -0.25) is 9.59 Å². The topological polar surface area (TPSA) is 83.6 Å². The van der Waals surface area contributed by atoms with Gasteiger partial charge in [-0.25, -0.2) is 10.9 Å². The number of benzene rings is 2. The number of carbonyl (C=O) groups excluding carboxylic acids is 2. The molecule has 1 heterocycles. The second-order valence-electron chi connectivity index (χ2n) is 3.88. The van der Waals surface area contributed by atoms with Gasteiger partial charge in [-0.05, 0) is 23.6 Å². The van der Waals surface area contributed by atoms with E-state index in [1.807, 2.05) is 0 Å². The van der Waals surface area contributed by atoms with Crippen LogP contribution in [-0.4, -0.2) is 21.9 Å². The first-order valence-corrected chi connectivity index (χ1v) is 4.99. The van der Waals surface area contributed by atoms with Crippen molar-refractivity contribution in [3.05, 3.63) is 41.5 Å². The molecule has 0 aromatic heterocycles. The van der Waals surface area contributed by atoms with Crippen molar-refractivity contribution in [3.8, 4) is 5.75 Å². The van der Waals surface area contributed by atoms with Gasteiger partial charge >= 0.3 is 0 Å². The van der Waals surface area contributed by atoms with Crippen LogP contribution >= 0.6 is 0 Å². The molecule has 0 radical (unpaired) electrons. The van der Waals surface area contributed by atoms with E-state index in [4.69, 9.17) is 5.84 Å². The number of nitrogens with zero attached hydrogens (tertiary/aromatic N) is 1. The first-order valence-electron chi connectivity index (χ1n) is 4.99. The lowest BCUT2D eigenvalue weighted by atomic mass is 9.94. The summed E-state index contributed by atoms with van der Waals surface area (Å²) in [5.41, 5.74) is 0.623. The van der Waals surface area contributed by atoms with Crippen LogP contribution in [0.25, 0.3) is 10.8 Å². The highest BCUT2D eigenvalue weighted by Crippen LogP contribution is 2.31. The summed E-state index contributed by atoms with van der Waals surface area (Å²) in [7, 11) is 0. The summed E-state index contributed by atoms with van der Waals surface area (Å²) in [4.78, 5) is 23.7. The lowest BCUT2D eigenvalue weighted by Crippen LogP contribution is -2.45. The van der Waals surface area contributed by atoms with Gasteiger partial charge in [-0.2, -0.15) is 0 Å². The molecule has 2 amide bonds. The van der Waals surface area contributed by atoms with Crippen molar-refractivity contribution >= 4 is 22.6 Å². The van der Waals surface area contributed by atoms with Crippen LogP contribution in [0, 0.1) is 0 Å². The number of hydrazine groups is 1. The maximum Gasteiger partial charge on any atom is 0.275 e. The Labute approximate surface area is 96.0 Å². The molecule has 3 N–H and O–H groups in total. The van der Waals surface area contributed by atoms with Gasteiger partial charge in [-0.1, -0.05) is 12.1 Å². The van der Waals surface area contributed by atoms with E-state index < -0.39 is 11.8 Å². The van der Waals surface area contributed by atoms with Crippen molar-refractivity contribution in [2.75, 3.05) is 0 Å². The van der Waals surface area contributed by atoms with E-state index in [-0.39, 0.29) is 11.3 Å². The average Bonchev–Trinajstić information content (AvgIpc) is 2.32. The predicted molar refractivity (Wildman–Crippen MR) is 60.3 cm³/mol. The number of carbonyl (C=O) groups is 2. The molecular weight excluding hydrogens is 220 g/mol. The van der Waals surface area contributed by atoms with Crippen molar-refractivity contribution in [2.45, 2.75) is 0 Å². The number of phenolic OH excluding ortho intramolecular Hbond substituents is 1. The van der Waals surface area contributed by atoms with Gasteiger partial charge in [0.1, 0.15) is 5.75 Å². The molecule has 5 nitrogen and oxygen atoms in total. The predicted octanol–water partition coefficient (Wildman–Crippen LogP) is 1.02. The molecule has 3 rings (SSSR count). The molecule has 0 fully saturated rings. The molecule has 0 atom stereocenters. The van der Waals surface area contributed by atoms with Crippen molar-refractivity contribution < 1.29 is 14.7 Å². The molecule has 0 unspecified atom stereocenters. The van der Waals surface area contributed by atoms with Gasteiger partial charge < -0.3 is 5.11 Å². The number of nitrogens with two attached hydrogens (primary N) is 1. The normalized spacial score (nSPS) is 14.5. The number of rotatable bonds is 0. The molecular formula is C12H8N2O3. The number of phenols is 1. The van der Waals surface area contributed by atoms with Gasteiger partial charge in [0.25, 0.3) is 11.8 Å². The maximum atomic E-state index is 11.8. The van der Waals surface area contributed by atoms with E-state index in [0.717, 1.165) is 0 Å². The highest BCUT2D eigenvalue weighted by atomic mass is 16.3. The van der Waals surface area contributed by atoms with Gasteiger partial charge in [0.05, 0.1) is 11.1 Å². The second kappa shape index (κ2) is 3.05. The zero-order chi connectivity index (χ0) is 12.2. The number of amides is 2. The lowest BCUT2D eigenvalue weighted by molar-refractivity contribution is 0.0609. The molecule has 0 aliphatic carbocycles. The van der Waals surface area contributed by atoms with Crippen LogP contribution in [0.4, 0.5) is 0 Å². The van der Waals surface area contributed by atoms with Crippen LogP contribution in [0.15, 0.2) is 30.3 Å². The fraction of sp³-hybridized carbons (Fsp3) is 0. The van der Waals surface area contributed by atoms with Crippen LogP contribution in [0.5, 0.6) is 5.75 Å². The average molecular weight is 228 g/mol. The molecule has 2 aromatic carbocycles. The minimum Gasteiger partial charge on any atom is -0.508 e. The Morgan fingerprint density at radius 1 is 1.06 bits per heavy atom. The summed E-state index contributed by atoms with van der Waals surface area (Å²) in [6.07, 6.45) is 0. The summed E-state index contributed by atoms with van der Waals surface area (Å²) in [5, 5.41) is 11.3. The molecule has 5 heteroatoms. The Kier molecular flexibility index (Phi) is 1.76. The highest BCUT2D eigenvalue weighted by molar-refractivity contribution is 6.25. The van der Waals surface area contributed by atoms with Crippen LogP contribution in [0.1, 0.15) is 20.7 Å². The van der Waals surface area contributed by atoms with Gasteiger partial charge in [0.15, 0.2) is 0 Å². The van der Waals surface area contributed by atoms with E-state index in [0.29, 0.717) is 21.3 Å². The summed E-state index contributed by atoms with van der Waals surface area (Å²) >= 11 is 0. The van der Waals surface area contributed by atoms with E-state index >= 15 is 0 Å². The standard InChI is InChI=1S/C12H8N2O3/c13-14-11(16)8-3-1-2-6-4-7(15)5-9(10(6)8)12(14)17/h1-5,15H,13H2. The Hall–Kier alpha value is -2.40. The first kappa shape index (κ1) is 9.80. The molecule has 0 saturated carbocycles. The van der Waals surface area contributed by atoms with E-state index in [1.54, 1.807) is 18.2 Å². The number of imide groups is 1. The molecule has 17 heavy (non-hydrogen) atoms. The van der Waals surface area contributed by atoms with E-state index in [2.05, 4.69) is 0 Å². The zero-order valence-electron chi connectivity index (χ0n) is 8.68. The lowest BCUT2D eigenvalue weighted by Gasteiger charge is -2.22. The third kappa shape index (κ3) is 1.17. The Balaban J connectivity index is 2.53. The number of hydrogen-bond donors (Lipinski definition) is 2. The van der Waals surface area contributed by atoms with Crippen LogP contribution in [-0.2, 0) is 0 Å². The number of aromatic hydroxyl groups is 1. The molecule has 84 valence electrons. The molecule has 0 bridgehead atoms. The van der Waals surface area contributed by atoms with Crippen LogP contribution < -0.4 is 5.84 Å². The summed E-state index contributed by atoms with van der Waals surface area (Å²) in [6, 6.07) is 7.85. The van der Waals surface area contributed by atoms with Gasteiger partial charge in [0.2, 0.25) is 0 Å². The third-order valence-corrected chi connectivity index (χ3v) is 2.86. The minimum atomic E-state index is -0.602. The summed E-state index contributed by atoms with van der Waals surface area (Å²) in [5.74, 6) is 4.26. The molecule has 0 spiro atoms. The fourth-order valence-corrected chi connectivity index (χ4v) is 2.11. The van der Waals surface area contributed by atoms with Gasteiger partial charge in [-0.15, -0.1) is 0 Å². The van der Waals surface area contributed by atoms with Crippen LogP contribution in [0.3, 0.4) is 0 Å². The quantitative estimate of drug-likeness (QED) is 0.400. The maximum absolute atomic E-state index is 11.8. The molecule has 1 aliphatic rings. The summed E-state index contributed by atoms with van der Waals surface area (Å²) < 4.78 is 0. The molecule has 0 saturated heterocycles. The third-order valence-electron chi connectivity index (χ3n) is 2.86. The largest absolute Gasteiger partial charge is 0.508 e. The fourth-order valence-electron chi connectivity index (χ4n) is 2.11. The monoisotopic (exact) mass is 228 g/mol. The first-order chi connectivity index (χ1) is 8.09. The zero-order valence-corrected chi connectivity index (χ0v) is 8.68. The highest BCUT2D eigenvalue weighted by Gasteiger charge is 2.31. The van der Waals surface area contributed by atoms with Crippen molar-refractivity contribution in [1.82, 2.24) is 5.01 Å². The minimum absolute atomic E-state index is 0.0271. The summed E-state index contributed by atoms with van der Waals surface area (Å²) in [6.45, 7) is 0. The van der Waals surface area contributed by atoms with Crippen LogP contribution in [0.2, 0.25) is 0 Å². The molecule has 1 aliphatic heterocycles. The smallest absolute Gasteiger partial charge is 0.275 e. The Morgan fingerprint density at radius 2 is 1.76 bits per heavy atom. The number of hydrogen-bond acceptors (Lipinski definition) is 4. The van der Waals surface area contributed by atoms with Crippen molar-refractivity contribution in [2.24, 2.45) is 5.84 Å². The van der Waals surface area contributed by atoms with Gasteiger partial charge in [0, 0.05) is 5.39 Å². The molecule has 2 aromatic rings. The SMILES string of the molecule is NN1C(=O)c2cccc3cc(O)cc(c23)C1=O.